The van der Waals surface area contributed by atoms with E-state index in [0.29, 0.717) is 29.3 Å². The lowest BCUT2D eigenvalue weighted by molar-refractivity contribution is 0.0990. The van der Waals surface area contributed by atoms with Gasteiger partial charge >= 0.3 is 5.69 Å². The van der Waals surface area contributed by atoms with Crippen molar-refractivity contribution >= 4 is 50.4 Å². The fraction of sp³-hybridized carbons (Fsp3) is 0.350. The van der Waals surface area contributed by atoms with Crippen molar-refractivity contribution < 1.29 is 4.79 Å². The van der Waals surface area contributed by atoms with E-state index in [9.17, 15) is 14.4 Å². The van der Waals surface area contributed by atoms with E-state index in [2.05, 4.69) is 4.98 Å². The second-order valence-electron chi connectivity index (χ2n) is 6.70. The Balaban J connectivity index is 2.17. The van der Waals surface area contributed by atoms with Gasteiger partial charge in [0, 0.05) is 23.2 Å². The molecule has 0 aliphatic heterocycles. The number of amides is 1. The van der Waals surface area contributed by atoms with E-state index in [-0.39, 0.29) is 18.1 Å². The van der Waals surface area contributed by atoms with Crippen molar-refractivity contribution in [3.63, 3.8) is 0 Å². The van der Waals surface area contributed by atoms with Crippen LogP contribution in [0.25, 0.3) is 10.1 Å². The molecule has 2 aromatic heterocycles. The highest BCUT2D eigenvalue weighted by Crippen LogP contribution is 2.36. The van der Waals surface area contributed by atoms with E-state index in [1.54, 1.807) is 0 Å². The molecule has 0 saturated carbocycles. The first kappa shape index (κ1) is 21.1. The van der Waals surface area contributed by atoms with Crippen LogP contribution < -0.4 is 21.9 Å². The maximum atomic E-state index is 13.5. The summed E-state index contributed by atoms with van der Waals surface area (Å²) in [6, 6.07) is 7.47. The molecular formula is C20H23ClN4O3S. The zero-order valence-electron chi connectivity index (χ0n) is 16.3. The molecule has 0 fully saturated rings. The number of aromatic amines is 1. The van der Waals surface area contributed by atoms with Crippen molar-refractivity contribution in [1.29, 1.82) is 0 Å². The van der Waals surface area contributed by atoms with Gasteiger partial charge in [-0.25, -0.2) is 4.79 Å². The first-order valence-corrected chi connectivity index (χ1v) is 10.7. The topological polar surface area (TPSA) is 101 Å². The van der Waals surface area contributed by atoms with E-state index < -0.39 is 17.2 Å². The third-order valence-corrected chi connectivity index (χ3v) is 6.30. The molecule has 3 aromatic rings. The first-order chi connectivity index (χ1) is 13.9. The molecule has 3 rings (SSSR count). The number of nitrogens with two attached hydrogens (primary N) is 1. The molecular weight excluding hydrogens is 412 g/mol. The van der Waals surface area contributed by atoms with Gasteiger partial charge in [0.1, 0.15) is 10.7 Å². The molecule has 0 unspecified atom stereocenters. The summed E-state index contributed by atoms with van der Waals surface area (Å²) in [6.07, 6.45) is 2.14. The zero-order chi connectivity index (χ0) is 21.1. The van der Waals surface area contributed by atoms with Crippen molar-refractivity contribution in [2.45, 2.75) is 39.7 Å². The van der Waals surface area contributed by atoms with E-state index in [4.69, 9.17) is 17.3 Å². The summed E-state index contributed by atoms with van der Waals surface area (Å²) in [4.78, 5) is 42.2. The largest absolute Gasteiger partial charge is 0.383 e. The third-order valence-electron chi connectivity index (χ3n) is 4.64. The number of halogens is 1. The summed E-state index contributed by atoms with van der Waals surface area (Å²) in [5.74, 6) is -0.411. The zero-order valence-corrected chi connectivity index (χ0v) is 17.9. The van der Waals surface area contributed by atoms with Crippen molar-refractivity contribution in [3.05, 3.63) is 55.0 Å². The fourth-order valence-corrected chi connectivity index (χ4v) is 4.65. The van der Waals surface area contributed by atoms with Gasteiger partial charge in [0.25, 0.3) is 11.5 Å². The highest BCUT2D eigenvalue weighted by Gasteiger charge is 2.28. The molecule has 0 radical (unpaired) electrons. The van der Waals surface area contributed by atoms with Gasteiger partial charge < -0.3 is 5.73 Å². The molecule has 1 amide bonds. The van der Waals surface area contributed by atoms with Crippen LogP contribution in [0.3, 0.4) is 0 Å². The van der Waals surface area contributed by atoms with E-state index >= 15 is 0 Å². The van der Waals surface area contributed by atoms with Gasteiger partial charge in [0.2, 0.25) is 0 Å². The van der Waals surface area contributed by atoms with Crippen LogP contribution in [-0.4, -0.2) is 22.0 Å². The average Bonchev–Trinajstić information content (AvgIpc) is 3.04. The summed E-state index contributed by atoms with van der Waals surface area (Å²) in [7, 11) is 0. The van der Waals surface area contributed by atoms with Crippen LogP contribution in [0.5, 0.6) is 0 Å². The van der Waals surface area contributed by atoms with Crippen molar-refractivity contribution in [2.24, 2.45) is 0 Å². The van der Waals surface area contributed by atoms with Gasteiger partial charge in [-0.2, -0.15) is 0 Å². The molecule has 0 aliphatic carbocycles. The van der Waals surface area contributed by atoms with Crippen LogP contribution in [0.15, 0.2) is 33.9 Å². The number of carbonyl (C=O) groups excluding carboxylic acids is 1. The minimum Gasteiger partial charge on any atom is -0.383 e. The number of carbonyl (C=O) groups is 1. The van der Waals surface area contributed by atoms with Crippen LogP contribution in [0.2, 0.25) is 5.02 Å². The molecule has 1 aromatic carbocycles. The van der Waals surface area contributed by atoms with Crippen LogP contribution in [0.4, 0.5) is 11.5 Å². The van der Waals surface area contributed by atoms with Crippen LogP contribution in [-0.2, 0) is 6.54 Å². The Morgan fingerprint density at radius 2 is 1.97 bits per heavy atom. The number of hydrogen-bond donors (Lipinski definition) is 2. The van der Waals surface area contributed by atoms with Crippen molar-refractivity contribution in [2.75, 3.05) is 17.2 Å². The predicted octanol–water partition coefficient (Wildman–Crippen LogP) is 3.84. The number of fused-ring (bicyclic) bond motifs is 1. The molecule has 7 nitrogen and oxygen atoms in total. The first-order valence-electron chi connectivity index (χ1n) is 9.52. The molecule has 154 valence electrons. The lowest BCUT2D eigenvalue weighted by Crippen LogP contribution is -2.41. The van der Waals surface area contributed by atoms with Crippen LogP contribution >= 0.6 is 22.9 Å². The predicted molar refractivity (Wildman–Crippen MR) is 119 cm³/mol. The summed E-state index contributed by atoms with van der Waals surface area (Å²) in [5, 5.41) is 1.14. The van der Waals surface area contributed by atoms with E-state index in [0.717, 1.165) is 16.5 Å². The Kier molecular flexibility index (Phi) is 6.44. The average molecular weight is 435 g/mol. The fourth-order valence-electron chi connectivity index (χ4n) is 3.19. The molecule has 0 atom stereocenters. The standard InChI is InChI=1S/C20H23ClN4O3S/c1-3-5-11-24(15-17(22)25(10-4-2)20(28)23-18(15)26)19(27)16-14(21)12-8-6-7-9-13(12)29-16/h6-9H,3-5,10-11,22H2,1-2H3,(H,23,26,28). The van der Waals surface area contributed by atoms with Gasteiger partial charge in [0.15, 0.2) is 5.69 Å². The molecule has 0 saturated heterocycles. The van der Waals surface area contributed by atoms with Crippen molar-refractivity contribution in [3.8, 4) is 0 Å². The van der Waals surface area contributed by atoms with E-state index in [1.807, 2.05) is 38.1 Å². The Bertz CT molecular complexity index is 1160. The second kappa shape index (κ2) is 8.84. The third kappa shape index (κ3) is 3.95. The van der Waals surface area contributed by atoms with Crippen LogP contribution in [0.1, 0.15) is 42.8 Å². The number of aromatic nitrogens is 2. The summed E-state index contributed by atoms with van der Waals surface area (Å²) in [5.41, 5.74) is 4.92. The molecule has 29 heavy (non-hydrogen) atoms. The normalized spacial score (nSPS) is 11.1. The summed E-state index contributed by atoms with van der Waals surface area (Å²) < 4.78 is 2.17. The molecule has 0 spiro atoms. The molecule has 3 N–H and O–H groups in total. The van der Waals surface area contributed by atoms with Gasteiger partial charge in [0.05, 0.1) is 5.02 Å². The number of nitrogen functional groups attached to an aromatic ring is 1. The highest BCUT2D eigenvalue weighted by molar-refractivity contribution is 7.21. The highest BCUT2D eigenvalue weighted by atomic mass is 35.5. The maximum absolute atomic E-state index is 13.5. The number of unbranched alkanes of at least 4 members (excludes halogenated alkanes) is 1. The number of rotatable bonds is 7. The molecule has 2 heterocycles. The monoisotopic (exact) mass is 434 g/mol. The molecule has 0 bridgehead atoms. The van der Waals surface area contributed by atoms with Gasteiger partial charge in [-0.3, -0.25) is 24.0 Å². The van der Waals surface area contributed by atoms with Crippen molar-refractivity contribution in [1.82, 2.24) is 9.55 Å². The number of anilines is 2. The quantitative estimate of drug-likeness (QED) is 0.589. The number of nitrogens with one attached hydrogen (secondary N) is 1. The smallest absolute Gasteiger partial charge is 0.330 e. The summed E-state index contributed by atoms with van der Waals surface area (Å²) in [6.45, 7) is 4.51. The van der Waals surface area contributed by atoms with Crippen LogP contribution in [0, 0.1) is 0 Å². The van der Waals surface area contributed by atoms with E-state index in [1.165, 1.54) is 20.8 Å². The van der Waals surface area contributed by atoms with Gasteiger partial charge in [-0.15, -0.1) is 11.3 Å². The Labute approximate surface area is 176 Å². The molecule has 0 aliphatic rings. The minimum absolute atomic E-state index is 0.00924. The number of H-pyrrole nitrogens is 1. The number of benzene rings is 1. The summed E-state index contributed by atoms with van der Waals surface area (Å²) >= 11 is 7.77. The van der Waals surface area contributed by atoms with Gasteiger partial charge in [-0.05, 0) is 18.9 Å². The number of nitrogens with zero attached hydrogens (tertiary/aromatic N) is 2. The second-order valence-corrected chi connectivity index (χ2v) is 8.13. The maximum Gasteiger partial charge on any atom is 0.330 e. The SMILES string of the molecule is CCCCN(C(=O)c1sc2ccccc2c1Cl)c1c(N)n(CCC)c(=O)[nH]c1=O. The van der Waals surface area contributed by atoms with Gasteiger partial charge in [-0.1, -0.05) is 50.1 Å². The Morgan fingerprint density at radius 1 is 1.24 bits per heavy atom. The lowest BCUT2D eigenvalue weighted by atomic mass is 10.2. The Hall–Kier alpha value is -2.58. The molecule has 9 heteroatoms. The lowest BCUT2D eigenvalue weighted by Gasteiger charge is -2.24. The Morgan fingerprint density at radius 3 is 2.62 bits per heavy atom. The number of hydrogen-bond acceptors (Lipinski definition) is 5. The number of thiophene rings is 1. The minimum atomic E-state index is -0.679.